The molecule has 0 aliphatic rings. The van der Waals surface area contributed by atoms with E-state index < -0.39 is 5.97 Å². The van der Waals surface area contributed by atoms with Gasteiger partial charge in [-0.1, -0.05) is 11.2 Å². The molecule has 0 atom stereocenters. The van der Waals surface area contributed by atoms with Gasteiger partial charge in [-0.2, -0.15) is 0 Å². The molecule has 2 aromatic carbocycles. The maximum atomic E-state index is 12.2. The van der Waals surface area contributed by atoms with Crippen molar-refractivity contribution in [2.24, 2.45) is 0 Å². The largest absolute Gasteiger partial charge is 0.497 e. The third-order valence-corrected chi connectivity index (χ3v) is 3.50. The van der Waals surface area contributed by atoms with Crippen LogP contribution in [-0.2, 0) is 0 Å². The number of aromatic nitrogens is 1. The van der Waals surface area contributed by atoms with E-state index in [1.807, 2.05) is 44.2 Å². The second-order valence-corrected chi connectivity index (χ2v) is 5.52. The number of rotatable bonds is 4. The van der Waals surface area contributed by atoms with Gasteiger partial charge in [-0.25, -0.2) is 4.79 Å². The predicted octanol–water partition coefficient (Wildman–Crippen LogP) is 4.19. The lowest BCUT2D eigenvalue weighted by atomic mass is 10.1. The zero-order valence-electron chi connectivity index (χ0n) is 13.7. The quantitative estimate of drug-likeness (QED) is 0.532. The van der Waals surface area contributed by atoms with Crippen molar-refractivity contribution in [1.82, 2.24) is 5.16 Å². The molecule has 0 saturated heterocycles. The summed E-state index contributed by atoms with van der Waals surface area (Å²) in [6.45, 7) is 3.89. The minimum absolute atomic E-state index is 0.125. The van der Waals surface area contributed by atoms with Crippen LogP contribution in [0.1, 0.15) is 21.6 Å². The predicted molar refractivity (Wildman–Crippen MR) is 89.4 cm³/mol. The lowest BCUT2D eigenvalue weighted by Gasteiger charge is -2.04. The first-order chi connectivity index (χ1) is 11.5. The van der Waals surface area contributed by atoms with Crippen molar-refractivity contribution in [3.8, 4) is 22.8 Å². The summed E-state index contributed by atoms with van der Waals surface area (Å²) < 4.78 is 15.7. The molecule has 0 amide bonds. The average Bonchev–Trinajstić information content (AvgIpc) is 3.04. The van der Waals surface area contributed by atoms with Gasteiger partial charge in [-0.05, 0) is 61.4 Å². The molecular weight excluding hydrogens is 306 g/mol. The lowest BCUT2D eigenvalue weighted by Crippen LogP contribution is -2.08. The Morgan fingerprint density at radius 1 is 0.958 bits per heavy atom. The Labute approximate surface area is 139 Å². The molecule has 5 nitrogen and oxygen atoms in total. The molecule has 0 radical (unpaired) electrons. The highest BCUT2D eigenvalue weighted by atomic mass is 16.5. The molecule has 0 spiro atoms. The minimum atomic E-state index is -0.552. The number of ether oxygens (including phenoxy) is 2. The van der Waals surface area contributed by atoms with Crippen LogP contribution in [0.15, 0.2) is 53.1 Å². The number of hydrogen-bond acceptors (Lipinski definition) is 5. The van der Waals surface area contributed by atoms with Crippen LogP contribution >= 0.6 is 0 Å². The highest BCUT2D eigenvalue weighted by molar-refractivity contribution is 5.90. The van der Waals surface area contributed by atoms with E-state index in [4.69, 9.17) is 14.0 Å². The van der Waals surface area contributed by atoms with Crippen molar-refractivity contribution in [2.75, 3.05) is 7.11 Å². The van der Waals surface area contributed by atoms with Crippen LogP contribution in [-0.4, -0.2) is 18.2 Å². The number of hydrogen-bond donors (Lipinski definition) is 0. The molecule has 3 rings (SSSR count). The van der Waals surface area contributed by atoms with Crippen LogP contribution in [0.2, 0.25) is 0 Å². The molecule has 0 bridgehead atoms. The van der Waals surface area contributed by atoms with Crippen LogP contribution in [0, 0.1) is 13.8 Å². The van der Waals surface area contributed by atoms with E-state index in [-0.39, 0.29) is 5.69 Å². The van der Waals surface area contributed by atoms with Crippen LogP contribution < -0.4 is 9.47 Å². The van der Waals surface area contributed by atoms with Crippen molar-refractivity contribution < 1.29 is 18.8 Å². The van der Waals surface area contributed by atoms with Gasteiger partial charge in [-0.3, -0.25) is 0 Å². The Bertz CT molecular complexity index is 845. The van der Waals surface area contributed by atoms with Gasteiger partial charge in [0.2, 0.25) is 0 Å². The van der Waals surface area contributed by atoms with Gasteiger partial charge in [0.15, 0.2) is 11.5 Å². The normalized spacial score (nSPS) is 10.5. The number of benzene rings is 2. The van der Waals surface area contributed by atoms with Crippen molar-refractivity contribution in [3.63, 3.8) is 0 Å². The van der Waals surface area contributed by atoms with E-state index in [0.717, 1.165) is 22.4 Å². The first kappa shape index (κ1) is 15.8. The summed E-state index contributed by atoms with van der Waals surface area (Å²) in [6.07, 6.45) is 0. The third-order valence-electron chi connectivity index (χ3n) is 3.50. The fourth-order valence-electron chi connectivity index (χ4n) is 2.41. The number of carbonyl (C=O) groups is 1. The summed E-state index contributed by atoms with van der Waals surface area (Å²) in [5, 5.41) is 3.80. The zero-order chi connectivity index (χ0) is 17.1. The first-order valence-electron chi connectivity index (χ1n) is 7.47. The number of nitrogens with zero attached hydrogens (tertiary/aromatic N) is 1. The first-order valence-corrected chi connectivity index (χ1v) is 7.47. The van der Waals surface area contributed by atoms with Gasteiger partial charge in [0.25, 0.3) is 0 Å². The van der Waals surface area contributed by atoms with Gasteiger partial charge in [0, 0.05) is 11.6 Å². The average molecular weight is 323 g/mol. The molecule has 0 fully saturated rings. The number of aryl methyl sites for hydroxylation is 2. The molecule has 0 unspecified atom stereocenters. The van der Waals surface area contributed by atoms with Crippen molar-refractivity contribution >= 4 is 5.97 Å². The topological polar surface area (TPSA) is 61.6 Å². The third kappa shape index (κ3) is 3.46. The highest BCUT2D eigenvalue weighted by Gasteiger charge is 2.16. The van der Waals surface area contributed by atoms with E-state index in [1.165, 1.54) is 0 Å². The molecule has 122 valence electrons. The fourth-order valence-corrected chi connectivity index (χ4v) is 2.41. The second kappa shape index (κ2) is 6.58. The van der Waals surface area contributed by atoms with Gasteiger partial charge < -0.3 is 14.0 Å². The molecular formula is C19H17NO4. The minimum Gasteiger partial charge on any atom is -0.497 e. The standard InChI is InChI=1S/C19H17NO4/c1-12-8-13(2)10-16(9-12)23-19(21)17-11-18(24-20-17)14-4-6-15(22-3)7-5-14/h4-11H,1-3H3. The molecule has 0 aliphatic heterocycles. The molecule has 0 N–H and O–H groups in total. The van der Waals surface area contributed by atoms with Crippen molar-refractivity contribution in [3.05, 3.63) is 65.4 Å². The summed E-state index contributed by atoms with van der Waals surface area (Å²) in [6, 6.07) is 14.5. The zero-order valence-corrected chi connectivity index (χ0v) is 13.7. The van der Waals surface area contributed by atoms with E-state index in [9.17, 15) is 4.79 Å². The maximum Gasteiger partial charge on any atom is 0.365 e. The molecule has 0 saturated carbocycles. The number of methoxy groups -OCH3 is 1. The van der Waals surface area contributed by atoms with E-state index in [0.29, 0.717) is 11.5 Å². The van der Waals surface area contributed by atoms with Crippen LogP contribution in [0.3, 0.4) is 0 Å². The Morgan fingerprint density at radius 3 is 2.25 bits per heavy atom. The van der Waals surface area contributed by atoms with Crippen molar-refractivity contribution in [2.45, 2.75) is 13.8 Å². The fraction of sp³-hybridized carbons (Fsp3) is 0.158. The highest BCUT2D eigenvalue weighted by Crippen LogP contribution is 2.24. The molecule has 1 heterocycles. The van der Waals surface area contributed by atoms with E-state index in [1.54, 1.807) is 25.3 Å². The van der Waals surface area contributed by atoms with Crippen LogP contribution in [0.5, 0.6) is 11.5 Å². The van der Waals surface area contributed by atoms with Gasteiger partial charge in [-0.15, -0.1) is 0 Å². The Kier molecular flexibility index (Phi) is 4.33. The summed E-state index contributed by atoms with van der Waals surface area (Å²) >= 11 is 0. The number of carbonyl (C=O) groups excluding carboxylic acids is 1. The maximum absolute atomic E-state index is 12.2. The molecule has 3 aromatic rings. The van der Waals surface area contributed by atoms with Gasteiger partial charge >= 0.3 is 5.97 Å². The molecule has 0 aliphatic carbocycles. The summed E-state index contributed by atoms with van der Waals surface area (Å²) in [5.74, 6) is 1.17. The summed E-state index contributed by atoms with van der Waals surface area (Å²) in [5.41, 5.74) is 2.97. The second-order valence-electron chi connectivity index (χ2n) is 5.52. The van der Waals surface area contributed by atoms with Gasteiger partial charge in [0.05, 0.1) is 7.11 Å². The smallest absolute Gasteiger partial charge is 0.365 e. The summed E-state index contributed by atoms with van der Waals surface area (Å²) in [4.78, 5) is 12.2. The Balaban J connectivity index is 1.77. The molecule has 24 heavy (non-hydrogen) atoms. The lowest BCUT2D eigenvalue weighted by molar-refractivity contribution is 0.0724. The Morgan fingerprint density at radius 2 is 1.62 bits per heavy atom. The Hall–Kier alpha value is -3.08. The SMILES string of the molecule is COc1ccc(-c2cc(C(=O)Oc3cc(C)cc(C)c3)no2)cc1. The monoisotopic (exact) mass is 323 g/mol. The van der Waals surface area contributed by atoms with Crippen LogP contribution in [0.4, 0.5) is 0 Å². The molecule has 1 aromatic heterocycles. The number of esters is 1. The van der Waals surface area contributed by atoms with E-state index >= 15 is 0 Å². The van der Waals surface area contributed by atoms with Crippen LogP contribution in [0.25, 0.3) is 11.3 Å². The summed E-state index contributed by atoms with van der Waals surface area (Å²) in [7, 11) is 1.60. The van der Waals surface area contributed by atoms with E-state index in [2.05, 4.69) is 5.16 Å². The van der Waals surface area contributed by atoms with Crippen molar-refractivity contribution in [1.29, 1.82) is 0 Å². The molecule has 5 heteroatoms. The van der Waals surface area contributed by atoms with Gasteiger partial charge in [0.1, 0.15) is 11.5 Å².